The molecule has 19 heavy (non-hydrogen) atoms. The average molecular weight is 264 g/mol. The normalized spacial score (nSPS) is 17.5. The molecule has 0 bridgehead atoms. The van der Waals surface area contributed by atoms with E-state index >= 15 is 0 Å². The molecule has 4 heteroatoms. The van der Waals surface area contributed by atoms with E-state index in [1.54, 1.807) is 7.11 Å². The van der Waals surface area contributed by atoms with Crippen molar-refractivity contribution in [2.45, 2.75) is 25.4 Å². The molecule has 1 aliphatic heterocycles. The van der Waals surface area contributed by atoms with Crippen LogP contribution in [0.1, 0.15) is 19.3 Å². The number of para-hydroxylation sites is 2. The van der Waals surface area contributed by atoms with Crippen LogP contribution in [0.3, 0.4) is 0 Å². The molecule has 0 aromatic heterocycles. The molecule has 1 aromatic rings. The maximum atomic E-state index is 5.83. The minimum Gasteiger partial charge on any atom is -0.491 e. The highest BCUT2D eigenvalue weighted by Gasteiger charge is 2.17. The van der Waals surface area contributed by atoms with Crippen LogP contribution in [-0.2, 0) is 4.74 Å². The van der Waals surface area contributed by atoms with Crippen molar-refractivity contribution >= 4 is 5.69 Å². The van der Waals surface area contributed by atoms with E-state index in [4.69, 9.17) is 15.2 Å². The number of anilines is 1. The topological polar surface area (TPSA) is 47.7 Å². The van der Waals surface area contributed by atoms with E-state index in [1.165, 1.54) is 0 Å². The van der Waals surface area contributed by atoms with E-state index in [0.29, 0.717) is 11.8 Å². The number of nitrogens with two attached hydrogens (primary N) is 1. The lowest BCUT2D eigenvalue weighted by molar-refractivity contribution is 0.0399. The first-order chi connectivity index (χ1) is 9.29. The predicted octanol–water partition coefficient (Wildman–Crippen LogP) is 2.15. The Morgan fingerprint density at radius 2 is 2.00 bits per heavy atom. The van der Waals surface area contributed by atoms with Crippen molar-refractivity contribution in [1.82, 2.24) is 4.90 Å². The standard InChI is InChI=1S/C15H24N2O2/c1-18-13-7-10-17(11-8-13)9-4-12-19-15-6-3-2-5-14(15)16/h2-3,5-6,13H,4,7-12,16H2,1H3. The second kappa shape index (κ2) is 7.36. The first kappa shape index (κ1) is 14.2. The molecule has 0 saturated carbocycles. The summed E-state index contributed by atoms with van der Waals surface area (Å²) >= 11 is 0. The van der Waals surface area contributed by atoms with Gasteiger partial charge in [-0.05, 0) is 31.4 Å². The van der Waals surface area contributed by atoms with Crippen molar-refractivity contribution < 1.29 is 9.47 Å². The van der Waals surface area contributed by atoms with Crippen LogP contribution in [-0.4, -0.2) is 44.4 Å². The lowest BCUT2D eigenvalue weighted by Crippen LogP contribution is -2.37. The smallest absolute Gasteiger partial charge is 0.142 e. The number of hydrogen-bond acceptors (Lipinski definition) is 4. The molecule has 1 aromatic carbocycles. The Kier molecular flexibility index (Phi) is 5.48. The molecule has 1 fully saturated rings. The number of nitrogen functional groups attached to an aromatic ring is 1. The Balaban J connectivity index is 1.61. The number of ether oxygens (including phenoxy) is 2. The maximum Gasteiger partial charge on any atom is 0.142 e. The lowest BCUT2D eigenvalue weighted by Gasteiger charge is -2.31. The van der Waals surface area contributed by atoms with Gasteiger partial charge in [-0.2, -0.15) is 0 Å². The van der Waals surface area contributed by atoms with Crippen LogP contribution in [0.15, 0.2) is 24.3 Å². The van der Waals surface area contributed by atoms with Crippen LogP contribution in [0.25, 0.3) is 0 Å². The van der Waals surface area contributed by atoms with E-state index in [-0.39, 0.29) is 0 Å². The highest BCUT2D eigenvalue weighted by atomic mass is 16.5. The maximum absolute atomic E-state index is 5.83. The average Bonchev–Trinajstić information content (AvgIpc) is 2.46. The number of benzene rings is 1. The fraction of sp³-hybridized carbons (Fsp3) is 0.600. The van der Waals surface area contributed by atoms with E-state index in [0.717, 1.165) is 51.3 Å². The van der Waals surface area contributed by atoms with Crippen LogP contribution in [0, 0.1) is 0 Å². The first-order valence-electron chi connectivity index (χ1n) is 7.02. The van der Waals surface area contributed by atoms with Gasteiger partial charge in [-0.1, -0.05) is 12.1 Å². The van der Waals surface area contributed by atoms with Gasteiger partial charge in [0.15, 0.2) is 0 Å². The molecular weight excluding hydrogens is 240 g/mol. The van der Waals surface area contributed by atoms with Crippen LogP contribution in [0.5, 0.6) is 5.75 Å². The van der Waals surface area contributed by atoms with Crippen LogP contribution in [0.2, 0.25) is 0 Å². The third-order valence-corrected chi connectivity index (χ3v) is 3.66. The van der Waals surface area contributed by atoms with Crippen LogP contribution in [0.4, 0.5) is 5.69 Å². The van der Waals surface area contributed by atoms with Crippen LogP contribution < -0.4 is 10.5 Å². The van der Waals surface area contributed by atoms with Crippen molar-refractivity contribution in [3.63, 3.8) is 0 Å². The van der Waals surface area contributed by atoms with Gasteiger partial charge >= 0.3 is 0 Å². The molecule has 106 valence electrons. The van der Waals surface area contributed by atoms with Gasteiger partial charge in [0, 0.05) is 26.7 Å². The summed E-state index contributed by atoms with van der Waals surface area (Å²) in [4.78, 5) is 2.48. The van der Waals surface area contributed by atoms with Gasteiger partial charge in [0.25, 0.3) is 0 Å². The number of hydrogen-bond donors (Lipinski definition) is 1. The second-order valence-corrected chi connectivity index (χ2v) is 5.02. The van der Waals surface area contributed by atoms with Gasteiger partial charge in [-0.3, -0.25) is 0 Å². The molecule has 2 rings (SSSR count). The molecule has 0 aliphatic carbocycles. The van der Waals surface area contributed by atoms with Crippen molar-refractivity contribution in [2.75, 3.05) is 39.1 Å². The Labute approximate surface area is 115 Å². The highest BCUT2D eigenvalue weighted by molar-refractivity contribution is 5.51. The van der Waals surface area contributed by atoms with E-state index in [2.05, 4.69) is 4.90 Å². The molecular formula is C15H24N2O2. The Bertz CT molecular complexity index is 376. The quantitative estimate of drug-likeness (QED) is 0.632. The number of piperidine rings is 1. The zero-order valence-corrected chi connectivity index (χ0v) is 11.7. The van der Waals surface area contributed by atoms with Gasteiger partial charge in [0.05, 0.1) is 18.4 Å². The Morgan fingerprint density at radius 3 is 2.68 bits per heavy atom. The Morgan fingerprint density at radius 1 is 1.26 bits per heavy atom. The molecule has 1 aliphatic rings. The van der Waals surface area contributed by atoms with Gasteiger partial charge in [-0.25, -0.2) is 0 Å². The van der Waals surface area contributed by atoms with Gasteiger partial charge in [-0.15, -0.1) is 0 Å². The fourth-order valence-corrected chi connectivity index (χ4v) is 2.45. The molecule has 1 saturated heterocycles. The van der Waals surface area contributed by atoms with Gasteiger partial charge < -0.3 is 20.1 Å². The fourth-order valence-electron chi connectivity index (χ4n) is 2.45. The predicted molar refractivity (Wildman–Crippen MR) is 77.4 cm³/mol. The number of rotatable bonds is 6. The summed E-state index contributed by atoms with van der Waals surface area (Å²) in [6.07, 6.45) is 3.77. The lowest BCUT2D eigenvalue weighted by atomic mass is 10.1. The van der Waals surface area contributed by atoms with Crippen molar-refractivity contribution in [3.8, 4) is 5.75 Å². The zero-order valence-electron chi connectivity index (χ0n) is 11.7. The largest absolute Gasteiger partial charge is 0.491 e. The SMILES string of the molecule is COC1CCN(CCCOc2ccccc2N)CC1. The third kappa shape index (κ3) is 4.40. The van der Waals surface area contributed by atoms with Crippen molar-refractivity contribution in [1.29, 1.82) is 0 Å². The first-order valence-corrected chi connectivity index (χ1v) is 7.02. The summed E-state index contributed by atoms with van der Waals surface area (Å²) in [6, 6.07) is 7.65. The van der Waals surface area contributed by atoms with Crippen LogP contribution >= 0.6 is 0 Å². The molecule has 1 heterocycles. The highest BCUT2D eigenvalue weighted by Crippen LogP contribution is 2.20. The van der Waals surface area contributed by atoms with E-state index in [1.807, 2.05) is 24.3 Å². The second-order valence-electron chi connectivity index (χ2n) is 5.02. The summed E-state index contributed by atoms with van der Waals surface area (Å²) in [6.45, 7) is 4.07. The van der Waals surface area contributed by atoms with Gasteiger partial charge in [0.2, 0.25) is 0 Å². The number of likely N-dealkylation sites (tertiary alicyclic amines) is 1. The zero-order chi connectivity index (χ0) is 13.5. The minimum atomic E-state index is 0.455. The molecule has 0 spiro atoms. The van der Waals surface area contributed by atoms with E-state index in [9.17, 15) is 0 Å². The molecule has 4 nitrogen and oxygen atoms in total. The molecule has 0 radical (unpaired) electrons. The Hall–Kier alpha value is -1.26. The van der Waals surface area contributed by atoms with Crippen molar-refractivity contribution in [3.05, 3.63) is 24.3 Å². The van der Waals surface area contributed by atoms with E-state index < -0.39 is 0 Å². The van der Waals surface area contributed by atoms with Crippen molar-refractivity contribution in [2.24, 2.45) is 0 Å². The summed E-state index contributed by atoms with van der Waals surface area (Å²) in [7, 11) is 1.80. The summed E-state index contributed by atoms with van der Waals surface area (Å²) in [5.41, 5.74) is 6.54. The third-order valence-electron chi connectivity index (χ3n) is 3.66. The molecule has 2 N–H and O–H groups in total. The summed E-state index contributed by atoms with van der Waals surface area (Å²) < 4.78 is 11.1. The summed E-state index contributed by atoms with van der Waals surface area (Å²) in [5.74, 6) is 0.792. The summed E-state index contributed by atoms with van der Waals surface area (Å²) in [5, 5.41) is 0. The number of nitrogens with zero attached hydrogens (tertiary/aromatic N) is 1. The monoisotopic (exact) mass is 264 g/mol. The van der Waals surface area contributed by atoms with Gasteiger partial charge in [0.1, 0.15) is 5.75 Å². The number of methoxy groups -OCH3 is 1. The molecule has 0 unspecified atom stereocenters. The minimum absolute atomic E-state index is 0.455. The molecule has 0 amide bonds. The molecule has 0 atom stereocenters.